The van der Waals surface area contributed by atoms with Gasteiger partial charge in [-0.1, -0.05) is 18.2 Å². The lowest BCUT2D eigenvalue weighted by Gasteiger charge is -2.21. The van der Waals surface area contributed by atoms with E-state index in [-0.39, 0.29) is 6.54 Å². The van der Waals surface area contributed by atoms with E-state index in [1.807, 2.05) is 30.3 Å². The Hall–Kier alpha value is -2.56. The average Bonchev–Trinajstić information content (AvgIpc) is 2.48. The molecule has 1 aromatic carbocycles. The van der Waals surface area contributed by atoms with Crippen molar-refractivity contribution in [1.82, 2.24) is 4.98 Å². The number of aliphatic carboxylic acids is 1. The molecule has 20 heavy (non-hydrogen) atoms. The van der Waals surface area contributed by atoms with Crippen molar-refractivity contribution in [2.45, 2.75) is 6.54 Å². The average molecular weight is 272 g/mol. The van der Waals surface area contributed by atoms with Crippen molar-refractivity contribution in [2.24, 2.45) is 0 Å². The maximum atomic E-state index is 11.0. The van der Waals surface area contributed by atoms with Crippen molar-refractivity contribution in [3.8, 4) is 5.75 Å². The van der Waals surface area contributed by atoms with Gasteiger partial charge >= 0.3 is 5.97 Å². The van der Waals surface area contributed by atoms with Gasteiger partial charge in [-0.15, -0.1) is 0 Å². The molecule has 5 heteroatoms. The van der Waals surface area contributed by atoms with E-state index in [1.54, 1.807) is 30.3 Å². The first-order valence-corrected chi connectivity index (χ1v) is 6.20. The molecule has 0 aliphatic carbocycles. The molecule has 1 aromatic heterocycles. The first-order valence-electron chi connectivity index (χ1n) is 6.20. The molecule has 0 atom stereocenters. The number of hydrogen-bond acceptors (Lipinski definition) is 4. The molecule has 0 unspecified atom stereocenters. The van der Waals surface area contributed by atoms with Crippen molar-refractivity contribution < 1.29 is 14.6 Å². The van der Waals surface area contributed by atoms with Crippen LogP contribution in [0.5, 0.6) is 5.75 Å². The fourth-order valence-corrected chi connectivity index (χ4v) is 1.87. The van der Waals surface area contributed by atoms with Crippen LogP contribution in [-0.4, -0.2) is 29.7 Å². The van der Waals surface area contributed by atoms with Gasteiger partial charge < -0.3 is 14.7 Å². The number of carboxylic acid groups (broad SMARTS) is 1. The summed E-state index contributed by atoms with van der Waals surface area (Å²) in [6.07, 6.45) is 1.65. The van der Waals surface area contributed by atoms with Crippen LogP contribution in [0.15, 0.2) is 48.7 Å². The normalized spacial score (nSPS) is 10.1. The van der Waals surface area contributed by atoms with Gasteiger partial charge in [0.15, 0.2) is 0 Å². The monoisotopic (exact) mass is 272 g/mol. The van der Waals surface area contributed by atoms with E-state index in [4.69, 9.17) is 9.84 Å². The molecule has 0 saturated carbocycles. The quantitative estimate of drug-likeness (QED) is 0.873. The summed E-state index contributed by atoms with van der Waals surface area (Å²) in [6.45, 7) is 0.385. The van der Waals surface area contributed by atoms with Crippen LogP contribution in [0.2, 0.25) is 0 Å². The minimum absolute atomic E-state index is 0.0942. The molecular formula is C15H16N2O3. The summed E-state index contributed by atoms with van der Waals surface area (Å²) in [5, 5.41) is 9.02. The molecule has 2 aromatic rings. The molecule has 104 valence electrons. The number of anilines is 1. The molecule has 0 aliphatic rings. The van der Waals surface area contributed by atoms with Crippen molar-refractivity contribution in [1.29, 1.82) is 0 Å². The number of hydrogen-bond donors (Lipinski definition) is 1. The number of ether oxygens (including phenoxy) is 1. The maximum absolute atomic E-state index is 11.0. The Balaban J connectivity index is 2.16. The fourth-order valence-electron chi connectivity index (χ4n) is 1.87. The van der Waals surface area contributed by atoms with Gasteiger partial charge in [0.2, 0.25) is 0 Å². The molecule has 0 spiro atoms. The van der Waals surface area contributed by atoms with Gasteiger partial charge in [0.05, 0.1) is 7.11 Å². The molecule has 1 heterocycles. The Morgan fingerprint density at radius 1 is 1.25 bits per heavy atom. The second-order valence-electron chi connectivity index (χ2n) is 4.29. The van der Waals surface area contributed by atoms with Crippen LogP contribution in [-0.2, 0) is 11.3 Å². The highest BCUT2D eigenvalue weighted by Gasteiger charge is 2.12. The number of rotatable bonds is 6. The van der Waals surface area contributed by atoms with Crippen LogP contribution >= 0.6 is 0 Å². The molecule has 0 radical (unpaired) electrons. The summed E-state index contributed by atoms with van der Waals surface area (Å²) in [5.74, 6) is 0.534. The molecule has 0 aliphatic heterocycles. The van der Waals surface area contributed by atoms with Gasteiger partial charge in [0, 0.05) is 12.7 Å². The SMILES string of the molecule is COc1ccc(CN(CC(=O)O)c2ccccn2)cc1. The van der Waals surface area contributed by atoms with E-state index in [9.17, 15) is 4.79 Å². The molecule has 5 nitrogen and oxygen atoms in total. The number of pyridine rings is 1. The molecule has 0 fully saturated rings. The van der Waals surface area contributed by atoms with Gasteiger partial charge in [0.25, 0.3) is 0 Å². The lowest BCUT2D eigenvalue weighted by molar-refractivity contribution is -0.135. The molecule has 0 amide bonds. The first kappa shape index (κ1) is 13.9. The van der Waals surface area contributed by atoms with E-state index >= 15 is 0 Å². The third-order valence-corrected chi connectivity index (χ3v) is 2.83. The summed E-state index contributed by atoms with van der Waals surface area (Å²) < 4.78 is 5.10. The maximum Gasteiger partial charge on any atom is 0.323 e. The van der Waals surface area contributed by atoms with Crippen LogP contribution in [0.4, 0.5) is 5.82 Å². The zero-order valence-electron chi connectivity index (χ0n) is 11.2. The Bertz CT molecular complexity index is 555. The van der Waals surface area contributed by atoms with Crippen LogP contribution in [0.25, 0.3) is 0 Å². The highest BCUT2D eigenvalue weighted by Crippen LogP contribution is 2.16. The minimum Gasteiger partial charge on any atom is -0.497 e. The van der Waals surface area contributed by atoms with Gasteiger partial charge in [0.1, 0.15) is 18.1 Å². The third kappa shape index (κ3) is 3.71. The highest BCUT2D eigenvalue weighted by molar-refractivity contribution is 5.73. The molecule has 0 bridgehead atoms. The Morgan fingerprint density at radius 2 is 2.00 bits per heavy atom. The second kappa shape index (κ2) is 6.56. The van der Waals surface area contributed by atoms with Gasteiger partial charge in [-0.3, -0.25) is 4.79 Å². The third-order valence-electron chi connectivity index (χ3n) is 2.83. The van der Waals surface area contributed by atoms with Crippen molar-refractivity contribution in [2.75, 3.05) is 18.6 Å². The Morgan fingerprint density at radius 3 is 2.55 bits per heavy atom. The Kier molecular flexibility index (Phi) is 4.55. The first-order chi connectivity index (χ1) is 9.69. The van der Waals surface area contributed by atoms with E-state index in [1.165, 1.54) is 0 Å². The lowest BCUT2D eigenvalue weighted by atomic mass is 10.2. The van der Waals surface area contributed by atoms with Gasteiger partial charge in [-0.05, 0) is 29.8 Å². The number of benzene rings is 1. The minimum atomic E-state index is -0.885. The number of carboxylic acids is 1. The van der Waals surface area contributed by atoms with Crippen LogP contribution in [0, 0.1) is 0 Å². The molecular weight excluding hydrogens is 256 g/mol. The summed E-state index contributed by atoms with van der Waals surface area (Å²) in [5.41, 5.74) is 0.998. The standard InChI is InChI=1S/C15H16N2O3/c1-20-13-7-5-12(6-8-13)10-17(11-15(18)19)14-4-2-3-9-16-14/h2-9H,10-11H2,1H3,(H,18,19). The molecule has 1 N–H and O–H groups in total. The summed E-state index contributed by atoms with van der Waals surface area (Å²) in [7, 11) is 1.61. The van der Waals surface area contributed by atoms with Crippen molar-refractivity contribution in [3.63, 3.8) is 0 Å². The summed E-state index contributed by atoms with van der Waals surface area (Å²) >= 11 is 0. The molecule has 2 rings (SSSR count). The van der Waals surface area contributed by atoms with Crippen molar-refractivity contribution in [3.05, 3.63) is 54.2 Å². The Labute approximate surface area is 117 Å². The van der Waals surface area contributed by atoms with Crippen LogP contribution in [0.3, 0.4) is 0 Å². The van der Waals surface area contributed by atoms with Crippen LogP contribution < -0.4 is 9.64 Å². The van der Waals surface area contributed by atoms with Gasteiger partial charge in [-0.25, -0.2) is 4.98 Å². The number of nitrogens with zero attached hydrogens (tertiary/aromatic N) is 2. The zero-order chi connectivity index (χ0) is 14.4. The molecule has 0 saturated heterocycles. The van der Waals surface area contributed by atoms with E-state index in [0.29, 0.717) is 12.4 Å². The van der Waals surface area contributed by atoms with E-state index < -0.39 is 5.97 Å². The predicted octanol–water partition coefficient (Wildman–Crippen LogP) is 2.18. The highest BCUT2D eigenvalue weighted by atomic mass is 16.5. The number of carbonyl (C=O) groups is 1. The summed E-state index contributed by atoms with van der Waals surface area (Å²) in [6, 6.07) is 13.0. The number of aromatic nitrogens is 1. The van der Waals surface area contributed by atoms with Gasteiger partial charge in [-0.2, -0.15) is 0 Å². The topological polar surface area (TPSA) is 62.7 Å². The zero-order valence-corrected chi connectivity index (χ0v) is 11.2. The van der Waals surface area contributed by atoms with Crippen molar-refractivity contribution >= 4 is 11.8 Å². The second-order valence-corrected chi connectivity index (χ2v) is 4.29. The fraction of sp³-hybridized carbons (Fsp3) is 0.200. The van der Waals surface area contributed by atoms with E-state index in [2.05, 4.69) is 4.98 Å². The largest absolute Gasteiger partial charge is 0.497 e. The lowest BCUT2D eigenvalue weighted by Crippen LogP contribution is -2.29. The number of methoxy groups -OCH3 is 1. The summed E-state index contributed by atoms with van der Waals surface area (Å²) in [4.78, 5) is 16.9. The van der Waals surface area contributed by atoms with Crippen LogP contribution in [0.1, 0.15) is 5.56 Å². The smallest absolute Gasteiger partial charge is 0.323 e. The van der Waals surface area contributed by atoms with E-state index in [0.717, 1.165) is 11.3 Å². The predicted molar refractivity (Wildman–Crippen MR) is 75.9 cm³/mol.